The van der Waals surface area contributed by atoms with E-state index in [4.69, 9.17) is 9.47 Å². The van der Waals surface area contributed by atoms with Gasteiger partial charge in [-0.1, -0.05) is 0 Å². The van der Waals surface area contributed by atoms with Crippen molar-refractivity contribution in [2.24, 2.45) is 0 Å². The molecule has 0 aliphatic carbocycles. The zero-order valence-corrected chi connectivity index (χ0v) is 15.0. The molecule has 0 radical (unpaired) electrons. The predicted octanol–water partition coefficient (Wildman–Crippen LogP) is 2.02. The molecule has 0 aliphatic heterocycles. The Morgan fingerprint density at radius 2 is 2.00 bits per heavy atom. The lowest BCUT2D eigenvalue weighted by Gasteiger charge is -2.11. The summed E-state index contributed by atoms with van der Waals surface area (Å²) >= 11 is 1.24. The second kappa shape index (κ2) is 7.16. The Labute approximate surface area is 139 Å². The normalized spacial score (nSPS) is 11.5. The van der Waals surface area contributed by atoms with Crippen LogP contribution in [0.5, 0.6) is 11.5 Å². The summed E-state index contributed by atoms with van der Waals surface area (Å²) in [5.41, 5.74) is 0.801. The van der Waals surface area contributed by atoms with Gasteiger partial charge < -0.3 is 14.4 Å². The van der Waals surface area contributed by atoms with E-state index in [1.165, 1.54) is 31.6 Å². The molecule has 0 spiro atoms. The van der Waals surface area contributed by atoms with Crippen LogP contribution in [0, 0.1) is 0 Å². The number of methoxy groups -OCH3 is 2. The maximum atomic E-state index is 12.6. The summed E-state index contributed by atoms with van der Waals surface area (Å²) in [5.74, 6) is 0.669. The number of benzene rings is 1. The van der Waals surface area contributed by atoms with E-state index in [-0.39, 0.29) is 10.6 Å². The van der Waals surface area contributed by atoms with E-state index in [2.05, 4.69) is 9.71 Å². The second-order valence-corrected chi connectivity index (χ2v) is 7.51. The number of nitrogens with one attached hydrogen (secondary N) is 1. The molecule has 0 atom stereocenters. The van der Waals surface area contributed by atoms with Gasteiger partial charge in [-0.25, -0.2) is 13.4 Å². The van der Waals surface area contributed by atoms with E-state index < -0.39 is 10.0 Å². The third-order valence-corrected chi connectivity index (χ3v) is 5.21. The van der Waals surface area contributed by atoms with Gasteiger partial charge in [-0.15, -0.1) is 11.3 Å². The Bertz CT molecular complexity index is 772. The molecule has 0 saturated carbocycles. The molecular formula is C14H19N3O4S2. The number of rotatable bonds is 7. The van der Waals surface area contributed by atoms with Crippen molar-refractivity contribution in [3.05, 3.63) is 29.3 Å². The molecule has 7 nitrogen and oxygen atoms in total. The first-order chi connectivity index (χ1) is 10.9. The van der Waals surface area contributed by atoms with Gasteiger partial charge in [0, 0.05) is 18.0 Å². The van der Waals surface area contributed by atoms with E-state index >= 15 is 0 Å². The number of sulfonamides is 1. The number of hydrogen-bond donors (Lipinski definition) is 1. The van der Waals surface area contributed by atoms with E-state index in [0.717, 1.165) is 5.69 Å². The molecule has 1 heterocycles. The van der Waals surface area contributed by atoms with Crippen LogP contribution in [0.1, 0.15) is 5.69 Å². The van der Waals surface area contributed by atoms with Gasteiger partial charge in [0.05, 0.1) is 19.9 Å². The van der Waals surface area contributed by atoms with E-state index in [1.54, 1.807) is 12.1 Å². The summed E-state index contributed by atoms with van der Waals surface area (Å²) in [6.07, 6.45) is 0. The molecule has 0 fully saturated rings. The summed E-state index contributed by atoms with van der Waals surface area (Å²) in [6, 6.07) is 4.60. The topological polar surface area (TPSA) is 80.8 Å². The van der Waals surface area contributed by atoms with Crippen molar-refractivity contribution in [2.45, 2.75) is 11.4 Å². The van der Waals surface area contributed by atoms with E-state index in [9.17, 15) is 8.42 Å². The third-order valence-electron chi connectivity index (χ3n) is 2.91. The lowest BCUT2D eigenvalue weighted by Crippen LogP contribution is -2.15. The fourth-order valence-electron chi connectivity index (χ4n) is 1.91. The highest BCUT2D eigenvalue weighted by molar-refractivity contribution is 7.93. The minimum Gasteiger partial charge on any atom is -0.497 e. The average molecular weight is 357 g/mol. The minimum absolute atomic E-state index is 0.00343. The second-order valence-electron chi connectivity index (χ2n) is 5.00. The monoisotopic (exact) mass is 357 g/mol. The molecule has 23 heavy (non-hydrogen) atoms. The predicted molar refractivity (Wildman–Crippen MR) is 89.9 cm³/mol. The molecule has 1 aromatic carbocycles. The van der Waals surface area contributed by atoms with Crippen LogP contribution in [-0.2, 0) is 16.6 Å². The Balaban J connectivity index is 2.30. The molecule has 2 aromatic rings. The van der Waals surface area contributed by atoms with Gasteiger partial charge in [0.1, 0.15) is 16.4 Å². The van der Waals surface area contributed by atoms with Crippen LogP contribution < -0.4 is 14.2 Å². The van der Waals surface area contributed by atoms with Gasteiger partial charge in [0.2, 0.25) is 0 Å². The van der Waals surface area contributed by atoms with Crippen LogP contribution in [-0.4, -0.2) is 46.6 Å². The number of anilines is 1. The van der Waals surface area contributed by atoms with E-state index in [0.29, 0.717) is 17.4 Å². The van der Waals surface area contributed by atoms with Crippen molar-refractivity contribution in [3.63, 3.8) is 0 Å². The van der Waals surface area contributed by atoms with Crippen LogP contribution in [0.25, 0.3) is 0 Å². The van der Waals surface area contributed by atoms with Crippen molar-refractivity contribution in [1.29, 1.82) is 0 Å². The Hall–Kier alpha value is -1.84. The fraction of sp³-hybridized carbons (Fsp3) is 0.357. The third kappa shape index (κ3) is 4.34. The van der Waals surface area contributed by atoms with Crippen molar-refractivity contribution >= 4 is 26.5 Å². The lowest BCUT2D eigenvalue weighted by atomic mass is 10.3. The molecule has 1 aromatic heterocycles. The minimum atomic E-state index is -3.82. The maximum Gasteiger partial charge on any atom is 0.267 e. The Kier molecular flexibility index (Phi) is 5.45. The smallest absolute Gasteiger partial charge is 0.267 e. The van der Waals surface area contributed by atoms with Gasteiger partial charge >= 0.3 is 0 Å². The largest absolute Gasteiger partial charge is 0.497 e. The highest BCUT2D eigenvalue weighted by Gasteiger charge is 2.22. The molecule has 2 rings (SSSR count). The number of thiazole rings is 1. The number of hydrogen-bond acceptors (Lipinski definition) is 7. The van der Waals surface area contributed by atoms with E-state index in [1.807, 2.05) is 24.4 Å². The van der Waals surface area contributed by atoms with Crippen molar-refractivity contribution < 1.29 is 17.9 Å². The summed E-state index contributed by atoms with van der Waals surface area (Å²) < 4.78 is 37.9. The molecule has 1 N–H and O–H groups in total. The van der Waals surface area contributed by atoms with Crippen molar-refractivity contribution in [3.8, 4) is 11.5 Å². The number of ether oxygens (including phenoxy) is 2. The summed E-state index contributed by atoms with van der Waals surface area (Å²) in [5, 5.41) is 2.13. The molecule has 0 bridgehead atoms. The quantitative estimate of drug-likeness (QED) is 0.817. The number of nitrogens with zero attached hydrogens (tertiary/aromatic N) is 2. The zero-order valence-electron chi connectivity index (χ0n) is 13.4. The van der Waals surface area contributed by atoms with Crippen LogP contribution in [0.2, 0.25) is 0 Å². The first-order valence-electron chi connectivity index (χ1n) is 6.69. The molecule has 0 aliphatic rings. The van der Waals surface area contributed by atoms with Crippen LogP contribution >= 0.6 is 11.3 Å². The fourth-order valence-corrected chi connectivity index (χ4v) is 4.05. The molecule has 9 heteroatoms. The number of aromatic nitrogens is 1. The molecule has 126 valence electrons. The SMILES string of the molecule is COc1ccc(OC)c(S(=O)(=O)Nc2nc(CN(C)C)cs2)c1. The van der Waals surface area contributed by atoms with Gasteiger partial charge in [-0.05, 0) is 26.2 Å². The summed E-state index contributed by atoms with van der Waals surface area (Å²) in [7, 11) is 2.91. The molecule has 0 unspecified atom stereocenters. The molecule has 0 amide bonds. The summed E-state index contributed by atoms with van der Waals surface area (Å²) in [6.45, 7) is 0.640. The first kappa shape index (κ1) is 17.5. The Morgan fingerprint density at radius 1 is 1.26 bits per heavy atom. The lowest BCUT2D eigenvalue weighted by molar-refractivity contribution is 0.392. The summed E-state index contributed by atoms with van der Waals surface area (Å²) in [4.78, 5) is 6.23. The van der Waals surface area contributed by atoms with Crippen molar-refractivity contribution in [1.82, 2.24) is 9.88 Å². The molecular weight excluding hydrogens is 338 g/mol. The first-order valence-corrected chi connectivity index (χ1v) is 9.06. The van der Waals surface area contributed by atoms with Gasteiger partial charge in [0.25, 0.3) is 10.0 Å². The Morgan fingerprint density at radius 3 is 2.61 bits per heavy atom. The zero-order chi connectivity index (χ0) is 17.0. The molecule has 0 saturated heterocycles. The average Bonchev–Trinajstić information content (AvgIpc) is 2.91. The highest BCUT2D eigenvalue weighted by Crippen LogP contribution is 2.30. The van der Waals surface area contributed by atoms with Crippen LogP contribution in [0.3, 0.4) is 0 Å². The van der Waals surface area contributed by atoms with Gasteiger partial charge in [-0.2, -0.15) is 0 Å². The maximum absolute atomic E-state index is 12.6. The standard InChI is InChI=1S/C14H19N3O4S2/c1-17(2)8-10-9-22-14(15-10)16-23(18,19)13-7-11(20-3)5-6-12(13)21-4/h5-7,9H,8H2,1-4H3,(H,15,16). The van der Waals surface area contributed by atoms with Crippen LogP contribution in [0.15, 0.2) is 28.5 Å². The van der Waals surface area contributed by atoms with Gasteiger partial charge in [0.15, 0.2) is 5.13 Å². The van der Waals surface area contributed by atoms with Crippen LogP contribution in [0.4, 0.5) is 5.13 Å². The van der Waals surface area contributed by atoms with Gasteiger partial charge in [-0.3, -0.25) is 4.72 Å². The van der Waals surface area contributed by atoms with Crippen molar-refractivity contribution in [2.75, 3.05) is 33.0 Å². The highest BCUT2D eigenvalue weighted by atomic mass is 32.2.